The summed E-state index contributed by atoms with van der Waals surface area (Å²) in [7, 11) is 3.39. The van der Waals surface area contributed by atoms with Crippen molar-refractivity contribution in [3.05, 3.63) is 77.2 Å². The Kier molecular flexibility index (Phi) is 9.87. The lowest BCUT2D eigenvalue weighted by atomic mass is 9.97. The molecule has 36 heavy (non-hydrogen) atoms. The molecule has 192 valence electrons. The maximum atomic E-state index is 14.6. The van der Waals surface area contributed by atoms with E-state index in [2.05, 4.69) is 4.98 Å². The van der Waals surface area contributed by atoms with Crippen molar-refractivity contribution >= 4 is 22.9 Å². The van der Waals surface area contributed by atoms with Gasteiger partial charge in [-0.1, -0.05) is 12.2 Å². The number of hydrogen-bond donors (Lipinski definition) is 0. The summed E-state index contributed by atoms with van der Waals surface area (Å²) in [6, 6.07) is 8.62. The third-order valence-electron chi connectivity index (χ3n) is 5.94. The smallest absolute Gasteiger partial charge is 0.310 e. The molecule has 0 radical (unpaired) electrons. The number of rotatable bonds is 12. The lowest BCUT2D eigenvalue weighted by Gasteiger charge is -2.22. The highest BCUT2D eigenvalue weighted by atomic mass is 19.1. The molecule has 2 aromatic carbocycles. The minimum atomic E-state index is -0.511. The predicted octanol–water partition coefficient (Wildman–Crippen LogP) is 5.81. The van der Waals surface area contributed by atoms with Crippen LogP contribution in [0.1, 0.15) is 30.9 Å². The highest BCUT2D eigenvalue weighted by Crippen LogP contribution is 2.26. The minimum absolute atomic E-state index is 0.161. The Balaban J connectivity index is 1.64. The van der Waals surface area contributed by atoms with E-state index in [9.17, 15) is 18.0 Å². The number of hydrogen-bond acceptors (Lipinski definition) is 5. The molecule has 0 aliphatic carbocycles. The summed E-state index contributed by atoms with van der Waals surface area (Å²) >= 11 is 0. The maximum Gasteiger partial charge on any atom is 0.310 e. The number of likely N-dealkylation sites (N-methyl/N-ethyl adjacent to an activating group) is 1. The van der Waals surface area contributed by atoms with Gasteiger partial charge in [0.05, 0.1) is 31.3 Å². The van der Waals surface area contributed by atoms with Gasteiger partial charge in [0.15, 0.2) is 0 Å². The predicted molar refractivity (Wildman–Crippen MR) is 134 cm³/mol. The van der Waals surface area contributed by atoms with Crippen molar-refractivity contribution < 1.29 is 27.4 Å². The summed E-state index contributed by atoms with van der Waals surface area (Å²) in [5.41, 5.74) is 1.37. The van der Waals surface area contributed by atoms with Crippen LogP contribution in [-0.4, -0.2) is 49.7 Å². The average Bonchev–Trinajstić information content (AvgIpc) is 2.86. The number of carbonyl (C=O) groups excluding carboxylic acids is 1. The van der Waals surface area contributed by atoms with Gasteiger partial charge in [-0.05, 0) is 75.2 Å². The van der Waals surface area contributed by atoms with Gasteiger partial charge in [-0.15, -0.1) is 0 Å². The highest BCUT2D eigenvalue weighted by molar-refractivity contribution is 5.83. The molecule has 0 bridgehead atoms. The molecule has 0 saturated carbocycles. The molecule has 3 rings (SSSR count). The van der Waals surface area contributed by atoms with E-state index in [1.807, 2.05) is 11.9 Å². The molecule has 0 amide bonds. The molecule has 8 heteroatoms. The number of esters is 1. The van der Waals surface area contributed by atoms with Gasteiger partial charge >= 0.3 is 5.97 Å². The molecule has 1 aromatic heterocycles. The second kappa shape index (κ2) is 13.1. The third kappa shape index (κ3) is 7.31. The van der Waals surface area contributed by atoms with Crippen molar-refractivity contribution in [2.45, 2.75) is 26.2 Å². The standard InChI is InChI=1S/C28H31F3N2O3/c1-4-36-28(34)20(18-33(2)14-6-8-19-15-21(29)10-12-25(19)30)7-5-9-23-24-16-22(35-3)11-13-27(24)32-17-26(23)31/h6,8,10-13,15-17,20H,4-5,7,9,14,18H2,1-3H3. The van der Waals surface area contributed by atoms with Gasteiger partial charge in [-0.3, -0.25) is 9.78 Å². The van der Waals surface area contributed by atoms with Gasteiger partial charge in [0.25, 0.3) is 0 Å². The van der Waals surface area contributed by atoms with Gasteiger partial charge in [0, 0.05) is 24.0 Å². The van der Waals surface area contributed by atoms with Gasteiger partial charge in [-0.2, -0.15) is 0 Å². The number of pyridine rings is 1. The zero-order valence-corrected chi connectivity index (χ0v) is 20.8. The van der Waals surface area contributed by atoms with Crippen molar-refractivity contribution in [2.75, 3.05) is 33.9 Å². The Morgan fingerprint density at radius 1 is 1.14 bits per heavy atom. The van der Waals surface area contributed by atoms with Crippen molar-refractivity contribution in [1.82, 2.24) is 9.88 Å². The van der Waals surface area contributed by atoms with Gasteiger partial charge in [0.2, 0.25) is 0 Å². The average molecular weight is 501 g/mol. The molecule has 1 heterocycles. The number of carbonyl (C=O) groups is 1. The monoisotopic (exact) mass is 500 g/mol. The molecule has 5 nitrogen and oxygen atoms in total. The van der Waals surface area contributed by atoms with Crippen LogP contribution in [0.3, 0.4) is 0 Å². The molecular weight excluding hydrogens is 469 g/mol. The van der Waals surface area contributed by atoms with Crippen LogP contribution in [0.4, 0.5) is 13.2 Å². The molecular formula is C28H31F3N2O3. The van der Waals surface area contributed by atoms with Crippen LogP contribution in [-0.2, 0) is 16.0 Å². The second-order valence-corrected chi connectivity index (χ2v) is 8.60. The molecule has 0 aliphatic heterocycles. The van der Waals surface area contributed by atoms with Crippen LogP contribution < -0.4 is 4.74 Å². The first-order chi connectivity index (χ1) is 17.3. The fourth-order valence-electron chi connectivity index (χ4n) is 4.11. The van der Waals surface area contributed by atoms with Gasteiger partial charge in [-0.25, -0.2) is 13.2 Å². The van der Waals surface area contributed by atoms with Gasteiger partial charge in [0.1, 0.15) is 23.2 Å². The zero-order valence-electron chi connectivity index (χ0n) is 20.8. The Bertz CT molecular complexity index is 1220. The fraction of sp³-hybridized carbons (Fsp3) is 0.357. The van der Waals surface area contributed by atoms with E-state index in [1.54, 1.807) is 38.3 Å². The van der Waals surface area contributed by atoms with Crippen molar-refractivity contribution in [2.24, 2.45) is 5.92 Å². The summed E-state index contributed by atoms with van der Waals surface area (Å²) in [6.07, 6.45) is 5.93. The number of aryl methyl sites for hydroxylation is 1. The number of nitrogens with zero attached hydrogens (tertiary/aromatic N) is 2. The van der Waals surface area contributed by atoms with E-state index in [1.165, 1.54) is 12.3 Å². The van der Waals surface area contributed by atoms with Crippen LogP contribution in [0, 0.1) is 23.4 Å². The van der Waals surface area contributed by atoms with Crippen LogP contribution >= 0.6 is 0 Å². The number of benzene rings is 2. The van der Waals surface area contributed by atoms with Crippen LogP contribution in [0.25, 0.3) is 17.0 Å². The number of fused-ring (bicyclic) bond motifs is 1. The van der Waals surface area contributed by atoms with Crippen molar-refractivity contribution in [1.29, 1.82) is 0 Å². The van der Waals surface area contributed by atoms with Crippen molar-refractivity contribution in [3.8, 4) is 5.75 Å². The summed E-state index contributed by atoms with van der Waals surface area (Å²) in [6.45, 7) is 2.85. The highest BCUT2D eigenvalue weighted by Gasteiger charge is 2.22. The Morgan fingerprint density at radius 3 is 2.69 bits per heavy atom. The lowest BCUT2D eigenvalue weighted by Crippen LogP contribution is -2.32. The van der Waals surface area contributed by atoms with Crippen LogP contribution in [0.5, 0.6) is 5.75 Å². The number of aromatic nitrogens is 1. The Labute approximate surface area is 209 Å². The molecule has 0 aliphatic rings. The first kappa shape index (κ1) is 27.2. The first-order valence-electron chi connectivity index (χ1n) is 11.9. The first-order valence-corrected chi connectivity index (χ1v) is 11.9. The van der Waals surface area contributed by atoms with E-state index in [0.717, 1.165) is 18.2 Å². The number of halogens is 3. The van der Waals surface area contributed by atoms with E-state index in [-0.39, 0.29) is 18.1 Å². The molecule has 0 spiro atoms. The third-order valence-corrected chi connectivity index (χ3v) is 5.94. The SMILES string of the molecule is CCOC(=O)C(CCCc1c(F)cnc2ccc(OC)cc12)CN(C)CC=Cc1cc(F)ccc1F. The van der Waals surface area contributed by atoms with Crippen molar-refractivity contribution in [3.63, 3.8) is 0 Å². The normalized spacial score (nSPS) is 12.4. The largest absolute Gasteiger partial charge is 0.497 e. The Hall–Kier alpha value is -3.39. The van der Waals surface area contributed by atoms with E-state index in [0.29, 0.717) is 54.6 Å². The van der Waals surface area contributed by atoms with Gasteiger partial charge < -0.3 is 14.4 Å². The van der Waals surface area contributed by atoms with E-state index < -0.39 is 23.4 Å². The molecule has 0 N–H and O–H groups in total. The zero-order chi connectivity index (χ0) is 26.1. The summed E-state index contributed by atoms with van der Waals surface area (Å²) in [4.78, 5) is 18.7. The molecule has 1 atom stereocenters. The maximum absolute atomic E-state index is 14.6. The van der Waals surface area contributed by atoms with E-state index in [4.69, 9.17) is 9.47 Å². The summed E-state index contributed by atoms with van der Waals surface area (Å²) in [5.74, 6) is -1.52. The quantitative estimate of drug-likeness (QED) is 0.294. The molecule has 1 unspecified atom stereocenters. The Morgan fingerprint density at radius 2 is 1.94 bits per heavy atom. The fourth-order valence-corrected chi connectivity index (χ4v) is 4.11. The lowest BCUT2D eigenvalue weighted by molar-refractivity contribution is -0.148. The number of ether oxygens (including phenoxy) is 2. The topological polar surface area (TPSA) is 51.7 Å². The molecule has 0 fully saturated rings. The summed E-state index contributed by atoms with van der Waals surface area (Å²) < 4.78 is 52.3. The van der Waals surface area contributed by atoms with Crippen LogP contribution in [0.2, 0.25) is 0 Å². The number of methoxy groups -OCH3 is 1. The molecule has 3 aromatic rings. The minimum Gasteiger partial charge on any atom is -0.497 e. The van der Waals surface area contributed by atoms with Crippen LogP contribution in [0.15, 0.2) is 48.7 Å². The van der Waals surface area contributed by atoms with E-state index >= 15 is 0 Å². The second-order valence-electron chi connectivity index (χ2n) is 8.60. The summed E-state index contributed by atoms with van der Waals surface area (Å²) in [5, 5.41) is 0.689. The molecule has 0 saturated heterocycles.